The summed E-state index contributed by atoms with van der Waals surface area (Å²) < 4.78 is 11.6. The van der Waals surface area contributed by atoms with Gasteiger partial charge in [-0.25, -0.2) is 0 Å². The van der Waals surface area contributed by atoms with Crippen LogP contribution in [-0.2, 0) is 0 Å². The molecule has 2 aromatic rings. The molecule has 6 heteroatoms. The summed E-state index contributed by atoms with van der Waals surface area (Å²) in [7, 11) is 0. The summed E-state index contributed by atoms with van der Waals surface area (Å²) in [5, 5.41) is 13.4. The number of hydrogen-bond donors (Lipinski definition) is 2. The Morgan fingerprint density at radius 2 is 2.00 bits per heavy atom. The van der Waals surface area contributed by atoms with E-state index in [1.54, 1.807) is 6.07 Å². The van der Waals surface area contributed by atoms with Gasteiger partial charge in [-0.15, -0.1) is 0 Å². The average molecular weight is 371 g/mol. The van der Waals surface area contributed by atoms with Gasteiger partial charge < -0.3 is 19.9 Å². The average Bonchev–Trinajstić information content (AvgIpc) is 2.95. The van der Waals surface area contributed by atoms with E-state index in [2.05, 4.69) is 21.2 Å². The molecule has 21 heavy (non-hydrogen) atoms. The molecule has 1 aliphatic rings. The van der Waals surface area contributed by atoms with Gasteiger partial charge in [0.25, 0.3) is 0 Å². The van der Waals surface area contributed by atoms with Crippen molar-refractivity contribution in [2.75, 3.05) is 18.7 Å². The predicted octanol–water partition coefficient (Wildman–Crippen LogP) is 3.98. The lowest BCUT2D eigenvalue weighted by atomic mass is 10.1. The van der Waals surface area contributed by atoms with Crippen LogP contribution in [0.4, 0.5) is 5.69 Å². The number of anilines is 1. The third kappa shape index (κ3) is 3.10. The molecule has 4 nitrogen and oxygen atoms in total. The van der Waals surface area contributed by atoms with Gasteiger partial charge in [0.1, 0.15) is 0 Å². The van der Waals surface area contributed by atoms with E-state index in [4.69, 9.17) is 21.1 Å². The molecule has 1 atom stereocenters. The topological polar surface area (TPSA) is 50.7 Å². The quantitative estimate of drug-likeness (QED) is 0.855. The van der Waals surface area contributed by atoms with Gasteiger partial charge >= 0.3 is 0 Å². The highest BCUT2D eigenvalue weighted by Crippen LogP contribution is 2.41. The zero-order valence-electron chi connectivity index (χ0n) is 11.0. The molecule has 1 unspecified atom stereocenters. The molecule has 1 heterocycles. The first-order chi connectivity index (χ1) is 10.2. The molecule has 0 bridgehead atoms. The highest BCUT2D eigenvalue weighted by molar-refractivity contribution is 9.10. The molecule has 0 amide bonds. The van der Waals surface area contributed by atoms with Gasteiger partial charge in [-0.05, 0) is 42.0 Å². The van der Waals surface area contributed by atoms with Crippen molar-refractivity contribution in [1.82, 2.24) is 0 Å². The lowest BCUT2D eigenvalue weighted by molar-refractivity contribution is 0.174. The Labute approximate surface area is 135 Å². The number of aliphatic hydroxyl groups is 1. The standard InChI is InChI=1S/C15H13BrClNO3/c16-10-1-3-11(4-2-10)18-13(7-19)9-5-12(17)15-14(6-9)20-8-21-15/h1-6,13,18-19H,7-8H2. The Morgan fingerprint density at radius 1 is 1.24 bits per heavy atom. The zero-order valence-corrected chi connectivity index (χ0v) is 13.3. The van der Waals surface area contributed by atoms with Crippen LogP contribution in [0.3, 0.4) is 0 Å². The monoisotopic (exact) mass is 369 g/mol. The van der Waals surface area contributed by atoms with Crippen LogP contribution in [0.15, 0.2) is 40.9 Å². The van der Waals surface area contributed by atoms with Gasteiger partial charge in [0.15, 0.2) is 11.5 Å². The predicted molar refractivity (Wildman–Crippen MR) is 85.2 cm³/mol. The highest BCUT2D eigenvalue weighted by Gasteiger charge is 2.21. The van der Waals surface area contributed by atoms with E-state index in [1.807, 2.05) is 30.3 Å². The maximum absolute atomic E-state index is 9.65. The Morgan fingerprint density at radius 3 is 2.71 bits per heavy atom. The van der Waals surface area contributed by atoms with E-state index in [9.17, 15) is 5.11 Å². The largest absolute Gasteiger partial charge is 0.454 e. The third-order valence-electron chi connectivity index (χ3n) is 3.22. The normalized spacial score (nSPS) is 14.0. The molecule has 0 spiro atoms. The van der Waals surface area contributed by atoms with Crippen molar-refractivity contribution in [3.63, 3.8) is 0 Å². The molecule has 2 aromatic carbocycles. The maximum atomic E-state index is 9.65. The van der Waals surface area contributed by atoms with Gasteiger partial charge in [0.2, 0.25) is 6.79 Å². The molecular formula is C15H13BrClNO3. The smallest absolute Gasteiger partial charge is 0.231 e. The minimum absolute atomic E-state index is 0.0635. The molecule has 2 N–H and O–H groups in total. The number of aliphatic hydroxyl groups excluding tert-OH is 1. The molecular weight excluding hydrogens is 358 g/mol. The van der Waals surface area contributed by atoms with Crippen molar-refractivity contribution in [2.45, 2.75) is 6.04 Å². The number of nitrogens with one attached hydrogen (secondary N) is 1. The number of benzene rings is 2. The fourth-order valence-corrected chi connectivity index (χ4v) is 2.71. The lowest BCUT2D eigenvalue weighted by Crippen LogP contribution is -2.14. The van der Waals surface area contributed by atoms with Crippen molar-refractivity contribution in [3.05, 3.63) is 51.5 Å². The second-order valence-corrected chi connectivity index (χ2v) is 5.95. The molecule has 0 fully saturated rings. The van der Waals surface area contributed by atoms with Crippen LogP contribution in [0.5, 0.6) is 11.5 Å². The number of fused-ring (bicyclic) bond motifs is 1. The van der Waals surface area contributed by atoms with Crippen molar-refractivity contribution in [1.29, 1.82) is 0 Å². The summed E-state index contributed by atoms with van der Waals surface area (Å²) in [5.41, 5.74) is 1.75. The first-order valence-electron chi connectivity index (χ1n) is 6.39. The van der Waals surface area contributed by atoms with Crippen LogP contribution in [0.25, 0.3) is 0 Å². The molecule has 3 rings (SSSR count). The number of halogens is 2. The second kappa shape index (κ2) is 6.13. The van der Waals surface area contributed by atoms with Gasteiger partial charge in [-0.3, -0.25) is 0 Å². The molecule has 110 valence electrons. The second-order valence-electron chi connectivity index (χ2n) is 4.62. The molecule has 0 saturated heterocycles. The summed E-state index contributed by atoms with van der Waals surface area (Å²) in [5.74, 6) is 1.16. The lowest BCUT2D eigenvalue weighted by Gasteiger charge is -2.19. The molecule has 1 aliphatic heterocycles. The Hall–Kier alpha value is -1.43. The van der Waals surface area contributed by atoms with Gasteiger partial charge in [-0.2, -0.15) is 0 Å². The van der Waals surface area contributed by atoms with Crippen LogP contribution < -0.4 is 14.8 Å². The minimum atomic E-state index is -0.279. The number of rotatable bonds is 4. The van der Waals surface area contributed by atoms with Gasteiger partial charge in [-0.1, -0.05) is 27.5 Å². The van der Waals surface area contributed by atoms with E-state index >= 15 is 0 Å². The van der Waals surface area contributed by atoms with Crippen LogP contribution in [-0.4, -0.2) is 18.5 Å². The van der Waals surface area contributed by atoms with Crippen LogP contribution in [0.2, 0.25) is 5.02 Å². The number of hydrogen-bond acceptors (Lipinski definition) is 4. The summed E-state index contributed by atoms with van der Waals surface area (Å²) in [6.07, 6.45) is 0. The SMILES string of the molecule is OCC(Nc1ccc(Br)cc1)c1cc(Cl)c2c(c1)OCO2. The van der Waals surface area contributed by atoms with Crippen molar-refractivity contribution < 1.29 is 14.6 Å². The van der Waals surface area contributed by atoms with E-state index in [-0.39, 0.29) is 19.4 Å². The fraction of sp³-hybridized carbons (Fsp3) is 0.200. The molecule has 0 aliphatic carbocycles. The highest BCUT2D eigenvalue weighted by atomic mass is 79.9. The zero-order chi connectivity index (χ0) is 14.8. The summed E-state index contributed by atoms with van der Waals surface area (Å²) in [6, 6.07) is 11.1. The first kappa shape index (κ1) is 14.5. The van der Waals surface area contributed by atoms with E-state index < -0.39 is 0 Å². The van der Waals surface area contributed by atoms with Gasteiger partial charge in [0, 0.05) is 10.2 Å². The number of ether oxygens (including phenoxy) is 2. The van der Waals surface area contributed by atoms with E-state index in [0.717, 1.165) is 15.7 Å². The first-order valence-corrected chi connectivity index (χ1v) is 7.56. The summed E-state index contributed by atoms with van der Waals surface area (Å²) >= 11 is 9.57. The minimum Gasteiger partial charge on any atom is -0.454 e. The molecule has 0 aromatic heterocycles. The van der Waals surface area contributed by atoms with Crippen molar-refractivity contribution in [3.8, 4) is 11.5 Å². The van der Waals surface area contributed by atoms with Crippen LogP contribution >= 0.6 is 27.5 Å². The van der Waals surface area contributed by atoms with E-state index in [1.165, 1.54) is 0 Å². The third-order valence-corrected chi connectivity index (χ3v) is 4.03. The van der Waals surface area contributed by atoms with Crippen LogP contribution in [0, 0.1) is 0 Å². The summed E-state index contributed by atoms with van der Waals surface area (Å²) in [4.78, 5) is 0. The Balaban J connectivity index is 1.86. The van der Waals surface area contributed by atoms with Gasteiger partial charge in [0.05, 0.1) is 17.7 Å². The Kier molecular flexibility index (Phi) is 4.24. The van der Waals surface area contributed by atoms with Crippen molar-refractivity contribution >= 4 is 33.2 Å². The summed E-state index contributed by atoms with van der Waals surface area (Å²) in [6.45, 7) is 0.106. The fourth-order valence-electron chi connectivity index (χ4n) is 2.17. The maximum Gasteiger partial charge on any atom is 0.231 e. The van der Waals surface area contributed by atoms with Crippen molar-refractivity contribution in [2.24, 2.45) is 0 Å². The molecule has 0 saturated carbocycles. The van der Waals surface area contributed by atoms with E-state index in [0.29, 0.717) is 16.5 Å². The van der Waals surface area contributed by atoms with Crippen LogP contribution in [0.1, 0.15) is 11.6 Å². The Bertz CT molecular complexity index is 648. The molecule has 0 radical (unpaired) electrons.